The van der Waals surface area contributed by atoms with Gasteiger partial charge >= 0.3 is 19.1 Å². The van der Waals surface area contributed by atoms with Gasteiger partial charge in [0.25, 0.3) is 0 Å². The van der Waals surface area contributed by atoms with Crippen LogP contribution in [-0.2, 0) is 9.47 Å². The van der Waals surface area contributed by atoms with Crippen LogP contribution in [0.25, 0.3) is 32.9 Å². The molecule has 0 atom stereocenters. The molecule has 2 aromatic heterocycles. The van der Waals surface area contributed by atoms with Crippen molar-refractivity contribution in [3.8, 4) is 11.1 Å². The van der Waals surface area contributed by atoms with Gasteiger partial charge in [0.05, 0.1) is 17.7 Å². The molecule has 0 amide bonds. The Bertz CT molecular complexity index is 1820. The van der Waals surface area contributed by atoms with E-state index in [0.717, 1.165) is 37.4 Å². The highest BCUT2D eigenvalue weighted by Crippen LogP contribution is 2.32. The number of H-pyrrole nitrogens is 2. The summed E-state index contributed by atoms with van der Waals surface area (Å²) in [6.45, 7) is 4.33. The van der Waals surface area contributed by atoms with Crippen LogP contribution in [0.4, 0.5) is 0 Å². The zero-order valence-electron chi connectivity index (χ0n) is 24.3. The minimum absolute atomic E-state index is 0.317. The normalized spacial score (nSPS) is 10.3. The van der Waals surface area contributed by atoms with Crippen LogP contribution in [0.1, 0.15) is 34.8 Å². The number of ether oxygens (including phenoxy) is 2. The Hall–Kier alpha value is -4.64. The maximum absolute atomic E-state index is 12.2. The molecule has 10 heteroatoms. The summed E-state index contributed by atoms with van der Waals surface area (Å²) in [5, 5.41) is 19.2. The van der Waals surface area contributed by atoms with E-state index in [1.54, 1.807) is 31.2 Å². The lowest BCUT2D eigenvalue weighted by Gasteiger charge is -2.04. The Morgan fingerprint density at radius 1 is 0.659 bits per heavy atom. The van der Waals surface area contributed by atoms with Crippen molar-refractivity contribution in [3.63, 3.8) is 0 Å². The van der Waals surface area contributed by atoms with Gasteiger partial charge in [-0.05, 0) is 52.9 Å². The zero-order chi connectivity index (χ0) is 31.5. The number of para-hydroxylation sites is 2. The second kappa shape index (κ2) is 15.7. The molecule has 0 saturated carbocycles. The van der Waals surface area contributed by atoms with Crippen molar-refractivity contribution in [3.05, 3.63) is 125 Å². The van der Waals surface area contributed by atoms with E-state index in [1.165, 1.54) is 0 Å². The van der Waals surface area contributed by atoms with Gasteiger partial charge < -0.3 is 29.5 Å². The van der Waals surface area contributed by atoms with Crippen LogP contribution in [0.3, 0.4) is 0 Å². The van der Waals surface area contributed by atoms with Crippen molar-refractivity contribution in [1.82, 2.24) is 9.97 Å². The van der Waals surface area contributed by atoms with E-state index in [2.05, 4.69) is 25.9 Å². The van der Waals surface area contributed by atoms with Crippen LogP contribution >= 0.6 is 15.9 Å². The minimum Gasteiger partial charge on any atom is -0.461 e. The van der Waals surface area contributed by atoms with E-state index >= 15 is 0 Å². The van der Waals surface area contributed by atoms with Crippen LogP contribution in [0.15, 0.2) is 114 Å². The van der Waals surface area contributed by atoms with Crippen molar-refractivity contribution in [2.75, 3.05) is 13.2 Å². The highest BCUT2D eigenvalue weighted by Gasteiger charge is 2.20. The predicted molar refractivity (Wildman–Crippen MR) is 178 cm³/mol. The molecule has 0 radical (unpaired) electrons. The first-order valence-corrected chi connectivity index (χ1v) is 14.8. The molecule has 44 heavy (non-hydrogen) atoms. The zero-order valence-corrected chi connectivity index (χ0v) is 25.9. The Morgan fingerprint density at radius 2 is 1.11 bits per heavy atom. The largest absolute Gasteiger partial charge is 0.488 e. The van der Waals surface area contributed by atoms with Crippen LogP contribution in [-0.4, -0.2) is 52.3 Å². The number of benzene rings is 4. The molecule has 0 aliphatic carbocycles. The predicted octanol–water partition coefficient (Wildman–Crippen LogP) is 6.49. The number of aromatic nitrogens is 2. The van der Waals surface area contributed by atoms with Crippen LogP contribution in [0.5, 0.6) is 0 Å². The lowest BCUT2D eigenvalue weighted by Crippen LogP contribution is -2.29. The first kappa shape index (κ1) is 32.3. The minimum atomic E-state index is -1.34. The molecule has 4 aromatic carbocycles. The van der Waals surface area contributed by atoms with Gasteiger partial charge in [-0.3, -0.25) is 0 Å². The molecule has 6 rings (SSSR count). The monoisotopic (exact) mass is 654 g/mol. The third kappa shape index (κ3) is 7.84. The maximum Gasteiger partial charge on any atom is 0.488 e. The van der Waals surface area contributed by atoms with Crippen LogP contribution in [0.2, 0.25) is 0 Å². The van der Waals surface area contributed by atoms with E-state index in [0.29, 0.717) is 30.1 Å². The summed E-state index contributed by atoms with van der Waals surface area (Å²) in [6.07, 6.45) is 0. The number of hydrogen-bond donors (Lipinski definition) is 4. The van der Waals surface area contributed by atoms with Gasteiger partial charge in [0.15, 0.2) is 0 Å². The Labute approximate surface area is 263 Å². The first-order valence-electron chi connectivity index (χ1n) is 14.0. The lowest BCUT2D eigenvalue weighted by molar-refractivity contribution is 0.0511. The molecule has 8 nitrogen and oxygen atoms in total. The summed E-state index contributed by atoms with van der Waals surface area (Å²) in [5.74, 6) is -0.650. The highest BCUT2D eigenvalue weighted by atomic mass is 79.9. The number of aromatic amines is 2. The Balaban J connectivity index is 0.000000162. The molecular formula is C34H32BBrN2O6. The summed E-state index contributed by atoms with van der Waals surface area (Å²) >= 11 is 3.39. The van der Waals surface area contributed by atoms with Gasteiger partial charge in [-0.2, -0.15) is 0 Å². The topological polar surface area (TPSA) is 125 Å². The van der Waals surface area contributed by atoms with Gasteiger partial charge in [-0.25, -0.2) is 9.59 Å². The maximum atomic E-state index is 12.2. The molecule has 0 aliphatic heterocycles. The molecule has 0 saturated heterocycles. The van der Waals surface area contributed by atoms with Gasteiger partial charge in [0.1, 0.15) is 11.4 Å². The fraction of sp³-hybridized carbons (Fsp3) is 0.118. The average molecular weight is 655 g/mol. The van der Waals surface area contributed by atoms with Crippen molar-refractivity contribution >= 4 is 62.3 Å². The molecule has 0 bridgehead atoms. The Kier molecular flexibility index (Phi) is 11.5. The van der Waals surface area contributed by atoms with E-state index in [9.17, 15) is 9.59 Å². The molecule has 6 aromatic rings. The number of esters is 2. The first-order chi connectivity index (χ1) is 21.3. The molecular weight excluding hydrogens is 623 g/mol. The molecule has 0 aliphatic rings. The summed E-state index contributed by atoms with van der Waals surface area (Å²) in [6, 6.07) is 34.1. The number of nitrogens with one attached hydrogen (secondary N) is 2. The number of carbonyl (C=O) groups is 2. The van der Waals surface area contributed by atoms with Gasteiger partial charge in [-0.1, -0.05) is 97.1 Å². The summed E-state index contributed by atoms with van der Waals surface area (Å²) < 4.78 is 10.8. The van der Waals surface area contributed by atoms with E-state index < -0.39 is 7.12 Å². The van der Waals surface area contributed by atoms with E-state index in [-0.39, 0.29) is 11.9 Å². The quantitative estimate of drug-likeness (QED) is 0.120. The summed E-state index contributed by atoms with van der Waals surface area (Å²) in [7, 11) is -1.34. The molecule has 0 unspecified atom stereocenters. The van der Waals surface area contributed by atoms with Crippen molar-refractivity contribution in [1.29, 1.82) is 0 Å². The van der Waals surface area contributed by atoms with Gasteiger partial charge in [-0.15, -0.1) is 0 Å². The SMILES string of the molecule is CCOC(=O)c1[nH]c2ccccc2c1-c1ccccc1.CCOC(=O)c1[nH]c2ccccc2c1Br.OB(O)c1ccccc1. The fourth-order valence-electron chi connectivity index (χ4n) is 4.48. The summed E-state index contributed by atoms with van der Waals surface area (Å²) in [5.41, 5.74) is 5.28. The highest BCUT2D eigenvalue weighted by molar-refractivity contribution is 9.10. The molecule has 4 N–H and O–H groups in total. The number of carbonyl (C=O) groups excluding carboxylic acids is 2. The second-order valence-corrected chi connectivity index (χ2v) is 10.2. The Morgan fingerprint density at radius 3 is 1.64 bits per heavy atom. The van der Waals surface area contributed by atoms with Crippen molar-refractivity contribution in [2.45, 2.75) is 13.8 Å². The third-order valence-corrected chi connectivity index (χ3v) is 7.29. The fourth-order valence-corrected chi connectivity index (χ4v) is 5.09. The number of rotatable bonds is 6. The van der Waals surface area contributed by atoms with Gasteiger partial charge in [0, 0.05) is 27.4 Å². The van der Waals surface area contributed by atoms with E-state index in [1.807, 2.05) is 91.9 Å². The van der Waals surface area contributed by atoms with Gasteiger partial charge in [0.2, 0.25) is 0 Å². The van der Waals surface area contributed by atoms with Crippen molar-refractivity contribution in [2.24, 2.45) is 0 Å². The van der Waals surface area contributed by atoms with Crippen LogP contribution in [0, 0.1) is 0 Å². The lowest BCUT2D eigenvalue weighted by atomic mass is 9.81. The molecule has 2 heterocycles. The number of fused-ring (bicyclic) bond motifs is 2. The number of halogens is 1. The standard InChI is InChI=1S/C17H15NO2.C11H10BrNO2.C6H7BO2/c1-2-20-17(19)16-15(12-8-4-3-5-9-12)13-10-6-7-11-14(13)18-16;1-2-15-11(14)10-9(12)7-5-3-4-6-8(7)13-10;8-7(9)6-4-2-1-3-5-6/h3-11,18H,2H2,1H3;3-6,13H,2H2,1H3;1-5,8-9H. The molecule has 0 spiro atoms. The smallest absolute Gasteiger partial charge is 0.461 e. The third-order valence-electron chi connectivity index (χ3n) is 6.47. The van der Waals surface area contributed by atoms with Crippen LogP contribution < -0.4 is 5.46 Å². The molecule has 0 fully saturated rings. The van der Waals surface area contributed by atoms with E-state index in [4.69, 9.17) is 19.5 Å². The average Bonchev–Trinajstić information content (AvgIpc) is 3.61. The molecule has 224 valence electrons. The van der Waals surface area contributed by atoms with Crippen molar-refractivity contribution < 1.29 is 29.1 Å². The second-order valence-electron chi connectivity index (χ2n) is 9.37. The number of hydrogen-bond acceptors (Lipinski definition) is 6. The summed E-state index contributed by atoms with van der Waals surface area (Å²) in [4.78, 5) is 29.9.